The molecule has 1 N–H and O–H groups in total. The Kier molecular flexibility index (Phi) is 5.25. The third kappa shape index (κ3) is 3.76. The molecule has 150 valence electrons. The van der Waals surface area contributed by atoms with Gasteiger partial charge >= 0.3 is 0 Å². The van der Waals surface area contributed by atoms with Crippen molar-refractivity contribution in [2.75, 3.05) is 11.9 Å². The Morgan fingerprint density at radius 2 is 1.90 bits per heavy atom. The van der Waals surface area contributed by atoms with Gasteiger partial charge in [-0.25, -0.2) is 0 Å². The molecule has 2 heterocycles. The lowest BCUT2D eigenvalue weighted by molar-refractivity contribution is 0.0652. The Balaban J connectivity index is 1.86. The second-order valence-electron chi connectivity index (χ2n) is 7.95. The number of rotatable bonds is 5. The summed E-state index contributed by atoms with van der Waals surface area (Å²) in [6.07, 6.45) is 3.17. The molecule has 2 aromatic rings. The van der Waals surface area contributed by atoms with Gasteiger partial charge in [0.25, 0.3) is 17.7 Å². The Labute approximate surface area is 169 Å². The van der Waals surface area contributed by atoms with Crippen LogP contribution in [-0.2, 0) is 5.54 Å². The maximum Gasteiger partial charge on any atom is 0.261 e. The summed E-state index contributed by atoms with van der Waals surface area (Å²) in [6.45, 7) is 8.14. The van der Waals surface area contributed by atoms with Crippen LogP contribution in [0.2, 0.25) is 0 Å². The van der Waals surface area contributed by atoms with Gasteiger partial charge in [-0.05, 0) is 45.4 Å². The summed E-state index contributed by atoms with van der Waals surface area (Å²) in [5.41, 5.74) is 0.636. The van der Waals surface area contributed by atoms with Crippen LogP contribution in [0.3, 0.4) is 0 Å². The van der Waals surface area contributed by atoms with Crippen molar-refractivity contribution < 1.29 is 14.4 Å². The number of carbonyl (C=O) groups excluding carboxylic acids is 3. The van der Waals surface area contributed by atoms with E-state index in [1.54, 1.807) is 10.9 Å². The highest BCUT2D eigenvalue weighted by atomic mass is 16.2. The molecular formula is C21H23N5O3. The number of unbranched alkanes of at least 4 members (excludes halogenated alkanes) is 1. The first-order valence-electron chi connectivity index (χ1n) is 9.49. The lowest BCUT2D eigenvalue weighted by Gasteiger charge is -2.18. The average molecular weight is 393 g/mol. The molecule has 3 amide bonds. The summed E-state index contributed by atoms with van der Waals surface area (Å²) in [6, 6.07) is 6.43. The minimum atomic E-state index is -0.504. The predicted molar refractivity (Wildman–Crippen MR) is 107 cm³/mol. The van der Waals surface area contributed by atoms with E-state index in [0.29, 0.717) is 12.1 Å². The molecule has 0 unspecified atom stereocenters. The molecule has 8 heteroatoms. The summed E-state index contributed by atoms with van der Waals surface area (Å²) >= 11 is 0. The van der Waals surface area contributed by atoms with Gasteiger partial charge in [0.05, 0.1) is 16.7 Å². The van der Waals surface area contributed by atoms with Gasteiger partial charge < -0.3 is 5.32 Å². The molecule has 29 heavy (non-hydrogen) atoms. The van der Waals surface area contributed by atoms with E-state index in [1.165, 1.54) is 23.1 Å². The van der Waals surface area contributed by atoms with Crippen molar-refractivity contribution >= 4 is 23.5 Å². The number of nitrogens with zero attached hydrogens (tertiary/aromatic N) is 4. The molecule has 0 saturated heterocycles. The fraction of sp³-hybridized carbons (Fsp3) is 0.381. The Hall–Kier alpha value is -3.47. The first-order valence-corrected chi connectivity index (χ1v) is 9.49. The lowest BCUT2D eigenvalue weighted by atomic mass is 10.1. The zero-order valence-electron chi connectivity index (χ0n) is 16.9. The minimum absolute atomic E-state index is 0.153. The van der Waals surface area contributed by atoms with Gasteiger partial charge in [0.15, 0.2) is 5.82 Å². The highest BCUT2D eigenvalue weighted by Crippen LogP contribution is 2.25. The number of anilines is 1. The van der Waals surface area contributed by atoms with Crippen molar-refractivity contribution in [2.24, 2.45) is 0 Å². The number of amides is 3. The minimum Gasteiger partial charge on any atom is -0.304 e. The molecule has 0 saturated carbocycles. The van der Waals surface area contributed by atoms with E-state index < -0.39 is 5.91 Å². The number of carbonyl (C=O) groups is 3. The van der Waals surface area contributed by atoms with E-state index in [0.717, 1.165) is 12.8 Å². The van der Waals surface area contributed by atoms with Crippen molar-refractivity contribution in [1.29, 1.82) is 5.26 Å². The Bertz CT molecular complexity index is 1040. The first-order chi connectivity index (χ1) is 13.7. The SMILES string of the molecule is CCCCN1C(=O)c2ccc(C(=O)Nc3nn(C(C)(C)C)cc3C#N)cc2C1=O. The third-order valence-electron chi connectivity index (χ3n) is 4.72. The van der Waals surface area contributed by atoms with Gasteiger partial charge in [0.1, 0.15) is 11.6 Å². The molecule has 0 radical (unpaired) electrons. The zero-order valence-corrected chi connectivity index (χ0v) is 16.9. The number of hydrogen-bond donors (Lipinski definition) is 1. The van der Waals surface area contributed by atoms with E-state index in [-0.39, 0.29) is 39.9 Å². The van der Waals surface area contributed by atoms with Crippen LogP contribution in [-0.4, -0.2) is 38.9 Å². The van der Waals surface area contributed by atoms with Crippen LogP contribution in [0.15, 0.2) is 24.4 Å². The van der Waals surface area contributed by atoms with E-state index in [2.05, 4.69) is 10.4 Å². The zero-order chi connectivity index (χ0) is 21.3. The second kappa shape index (κ2) is 7.51. The van der Waals surface area contributed by atoms with Gasteiger partial charge in [-0.3, -0.25) is 24.0 Å². The smallest absolute Gasteiger partial charge is 0.261 e. The third-order valence-corrected chi connectivity index (χ3v) is 4.72. The number of nitriles is 1. The summed E-state index contributed by atoms with van der Waals surface area (Å²) in [4.78, 5) is 38.9. The number of fused-ring (bicyclic) bond motifs is 1. The van der Waals surface area contributed by atoms with Crippen molar-refractivity contribution in [3.63, 3.8) is 0 Å². The van der Waals surface area contributed by atoms with Crippen molar-refractivity contribution in [2.45, 2.75) is 46.1 Å². The molecule has 0 fully saturated rings. The number of benzene rings is 1. The fourth-order valence-corrected chi connectivity index (χ4v) is 3.02. The van der Waals surface area contributed by atoms with Gasteiger partial charge in [-0.1, -0.05) is 13.3 Å². The molecule has 1 aromatic carbocycles. The van der Waals surface area contributed by atoms with Crippen LogP contribution in [0.5, 0.6) is 0 Å². The highest BCUT2D eigenvalue weighted by Gasteiger charge is 2.35. The number of hydrogen-bond acceptors (Lipinski definition) is 5. The number of nitrogens with one attached hydrogen (secondary N) is 1. The predicted octanol–water partition coefficient (Wildman–Crippen LogP) is 3.16. The quantitative estimate of drug-likeness (QED) is 0.785. The second-order valence-corrected chi connectivity index (χ2v) is 7.95. The van der Waals surface area contributed by atoms with Crippen LogP contribution in [0.1, 0.15) is 77.2 Å². The van der Waals surface area contributed by atoms with E-state index in [1.807, 2.05) is 33.8 Å². The molecule has 1 aromatic heterocycles. The van der Waals surface area contributed by atoms with Gasteiger partial charge in [0, 0.05) is 18.3 Å². The highest BCUT2D eigenvalue weighted by molar-refractivity contribution is 6.22. The maximum atomic E-state index is 12.7. The average Bonchev–Trinajstić information content (AvgIpc) is 3.19. The van der Waals surface area contributed by atoms with Crippen LogP contribution < -0.4 is 5.32 Å². The molecule has 0 aliphatic carbocycles. The summed E-state index contributed by atoms with van der Waals surface area (Å²) in [5, 5.41) is 16.3. The van der Waals surface area contributed by atoms with Gasteiger partial charge in [-0.2, -0.15) is 10.4 Å². The topological polar surface area (TPSA) is 108 Å². The number of aromatic nitrogens is 2. The van der Waals surface area contributed by atoms with Crippen molar-refractivity contribution in [3.05, 3.63) is 46.6 Å². The van der Waals surface area contributed by atoms with Crippen LogP contribution >= 0.6 is 0 Å². The Morgan fingerprint density at radius 3 is 2.52 bits per heavy atom. The fourth-order valence-electron chi connectivity index (χ4n) is 3.02. The largest absolute Gasteiger partial charge is 0.304 e. The number of imide groups is 1. The molecular weight excluding hydrogens is 370 g/mol. The maximum absolute atomic E-state index is 12.7. The lowest BCUT2D eigenvalue weighted by Crippen LogP contribution is -2.30. The molecule has 3 rings (SSSR count). The molecule has 1 aliphatic heterocycles. The van der Waals surface area contributed by atoms with Gasteiger partial charge in [0.2, 0.25) is 0 Å². The van der Waals surface area contributed by atoms with Crippen LogP contribution in [0.4, 0.5) is 5.82 Å². The van der Waals surface area contributed by atoms with Gasteiger partial charge in [-0.15, -0.1) is 0 Å². The first kappa shape index (κ1) is 20.3. The van der Waals surface area contributed by atoms with Crippen LogP contribution in [0.25, 0.3) is 0 Å². The van der Waals surface area contributed by atoms with E-state index in [4.69, 9.17) is 0 Å². The summed E-state index contributed by atoms with van der Waals surface area (Å²) in [7, 11) is 0. The normalized spacial score (nSPS) is 13.4. The van der Waals surface area contributed by atoms with E-state index >= 15 is 0 Å². The standard InChI is InChI=1S/C21H23N5O3/c1-5-6-9-25-19(28)15-8-7-13(10-16(15)20(25)29)18(27)23-17-14(11-22)12-26(24-17)21(2,3)4/h7-8,10,12H,5-6,9H2,1-4H3,(H,23,24,27). The van der Waals surface area contributed by atoms with E-state index in [9.17, 15) is 19.6 Å². The van der Waals surface area contributed by atoms with Crippen molar-refractivity contribution in [1.82, 2.24) is 14.7 Å². The monoisotopic (exact) mass is 393 g/mol. The Morgan fingerprint density at radius 1 is 1.21 bits per heavy atom. The molecule has 0 atom stereocenters. The summed E-state index contributed by atoms with van der Waals surface area (Å²) < 4.78 is 1.61. The molecule has 0 spiro atoms. The summed E-state index contributed by atoms with van der Waals surface area (Å²) in [5.74, 6) is -1.07. The van der Waals surface area contributed by atoms with Crippen LogP contribution in [0, 0.1) is 11.3 Å². The molecule has 1 aliphatic rings. The molecule has 0 bridgehead atoms. The van der Waals surface area contributed by atoms with Crippen molar-refractivity contribution in [3.8, 4) is 6.07 Å². The molecule has 8 nitrogen and oxygen atoms in total.